The number of benzene rings is 1. The molecule has 1 aliphatic heterocycles. The SMILES string of the molecule is O=C(Cc1csc(-c2cc(Br)cs2)n1)N1CCC(COc2ccccc2)CC1. The Bertz CT molecular complexity index is 917. The van der Waals surface area contributed by atoms with Crippen molar-refractivity contribution in [3.05, 3.63) is 57.3 Å². The fourth-order valence-electron chi connectivity index (χ4n) is 3.27. The Morgan fingerprint density at radius 3 is 2.68 bits per heavy atom. The van der Waals surface area contributed by atoms with E-state index < -0.39 is 0 Å². The van der Waals surface area contributed by atoms with Gasteiger partial charge in [-0.1, -0.05) is 18.2 Å². The van der Waals surface area contributed by atoms with E-state index in [9.17, 15) is 4.79 Å². The number of ether oxygens (including phenoxy) is 1. The fraction of sp³-hybridized carbons (Fsp3) is 0.333. The van der Waals surface area contributed by atoms with Gasteiger partial charge in [0.2, 0.25) is 5.91 Å². The van der Waals surface area contributed by atoms with Crippen molar-refractivity contribution in [1.82, 2.24) is 9.88 Å². The first-order valence-corrected chi connectivity index (χ1v) is 11.9. The van der Waals surface area contributed by atoms with E-state index in [0.717, 1.165) is 58.3 Å². The lowest BCUT2D eigenvalue weighted by atomic mass is 9.97. The Kier molecular flexibility index (Phi) is 6.44. The molecule has 0 aliphatic carbocycles. The van der Waals surface area contributed by atoms with Gasteiger partial charge in [0.05, 0.1) is 23.6 Å². The van der Waals surface area contributed by atoms with Crippen LogP contribution in [0.5, 0.6) is 5.75 Å². The van der Waals surface area contributed by atoms with Crippen LogP contribution in [0.15, 0.2) is 51.6 Å². The molecule has 4 nitrogen and oxygen atoms in total. The van der Waals surface area contributed by atoms with Crippen molar-refractivity contribution in [2.24, 2.45) is 5.92 Å². The molecule has 1 aliphatic rings. The van der Waals surface area contributed by atoms with Crippen LogP contribution in [-0.4, -0.2) is 35.5 Å². The number of thiophene rings is 1. The highest BCUT2D eigenvalue weighted by molar-refractivity contribution is 9.10. The van der Waals surface area contributed by atoms with Crippen molar-refractivity contribution < 1.29 is 9.53 Å². The highest BCUT2D eigenvalue weighted by Gasteiger charge is 2.24. The van der Waals surface area contributed by atoms with Crippen LogP contribution in [0.2, 0.25) is 0 Å². The highest BCUT2D eigenvalue weighted by atomic mass is 79.9. The average Bonchev–Trinajstić information content (AvgIpc) is 3.36. The van der Waals surface area contributed by atoms with Gasteiger partial charge in [-0.3, -0.25) is 4.79 Å². The summed E-state index contributed by atoms with van der Waals surface area (Å²) in [5.41, 5.74) is 0.865. The molecule has 28 heavy (non-hydrogen) atoms. The Morgan fingerprint density at radius 1 is 1.18 bits per heavy atom. The summed E-state index contributed by atoms with van der Waals surface area (Å²) < 4.78 is 6.94. The molecule has 7 heteroatoms. The second kappa shape index (κ2) is 9.20. The molecule has 0 unspecified atom stereocenters. The number of aromatic nitrogens is 1. The van der Waals surface area contributed by atoms with Gasteiger partial charge in [-0.05, 0) is 52.9 Å². The zero-order chi connectivity index (χ0) is 19.3. The molecule has 1 amide bonds. The molecule has 0 atom stereocenters. The number of carbonyl (C=O) groups is 1. The molecule has 0 bridgehead atoms. The lowest BCUT2D eigenvalue weighted by Gasteiger charge is -2.31. The van der Waals surface area contributed by atoms with Crippen molar-refractivity contribution in [1.29, 1.82) is 0 Å². The molecule has 0 saturated carbocycles. The maximum Gasteiger partial charge on any atom is 0.228 e. The van der Waals surface area contributed by atoms with Gasteiger partial charge in [0.1, 0.15) is 10.8 Å². The van der Waals surface area contributed by atoms with E-state index >= 15 is 0 Å². The van der Waals surface area contributed by atoms with Crippen LogP contribution in [0.25, 0.3) is 9.88 Å². The number of para-hydroxylation sites is 1. The van der Waals surface area contributed by atoms with E-state index in [2.05, 4.69) is 27.0 Å². The predicted octanol–water partition coefficient (Wildman–Crippen LogP) is 5.49. The first kappa shape index (κ1) is 19.6. The zero-order valence-electron chi connectivity index (χ0n) is 15.3. The number of carbonyl (C=O) groups excluding carboxylic acids is 1. The van der Waals surface area contributed by atoms with Gasteiger partial charge in [-0.15, -0.1) is 22.7 Å². The minimum Gasteiger partial charge on any atom is -0.493 e. The smallest absolute Gasteiger partial charge is 0.228 e. The van der Waals surface area contributed by atoms with E-state index in [1.165, 1.54) is 0 Å². The summed E-state index contributed by atoms with van der Waals surface area (Å²) in [6, 6.07) is 12.0. The standard InChI is InChI=1S/C21H21BrN2O2S2/c22-16-10-19(27-13-16)21-23-17(14-28-21)11-20(25)24-8-6-15(7-9-24)12-26-18-4-2-1-3-5-18/h1-5,10,13-15H,6-9,11-12H2. The second-order valence-electron chi connectivity index (χ2n) is 6.90. The Labute approximate surface area is 181 Å². The third-order valence-electron chi connectivity index (χ3n) is 4.86. The Balaban J connectivity index is 1.25. The van der Waals surface area contributed by atoms with E-state index in [-0.39, 0.29) is 5.91 Å². The van der Waals surface area contributed by atoms with Gasteiger partial charge >= 0.3 is 0 Å². The number of rotatable bonds is 6. The molecular formula is C21H21BrN2O2S2. The second-order valence-corrected chi connectivity index (χ2v) is 9.58. The summed E-state index contributed by atoms with van der Waals surface area (Å²) in [6.45, 7) is 2.32. The highest BCUT2D eigenvalue weighted by Crippen LogP contribution is 2.32. The summed E-state index contributed by atoms with van der Waals surface area (Å²) in [5, 5.41) is 5.03. The van der Waals surface area contributed by atoms with E-state index in [0.29, 0.717) is 12.3 Å². The van der Waals surface area contributed by atoms with Crippen molar-refractivity contribution in [2.45, 2.75) is 19.3 Å². The molecule has 1 fully saturated rings. The first-order chi connectivity index (χ1) is 13.7. The molecule has 0 radical (unpaired) electrons. The van der Waals surface area contributed by atoms with Gasteiger partial charge in [-0.2, -0.15) is 0 Å². The number of halogens is 1. The third-order valence-corrected chi connectivity index (χ3v) is 7.61. The maximum atomic E-state index is 12.7. The van der Waals surface area contributed by atoms with Crippen LogP contribution < -0.4 is 4.74 Å². The van der Waals surface area contributed by atoms with Gasteiger partial charge < -0.3 is 9.64 Å². The normalized spacial score (nSPS) is 15.0. The molecule has 3 heterocycles. The number of thiazole rings is 1. The molecule has 0 spiro atoms. The lowest BCUT2D eigenvalue weighted by Crippen LogP contribution is -2.40. The predicted molar refractivity (Wildman–Crippen MR) is 118 cm³/mol. The van der Waals surface area contributed by atoms with Gasteiger partial charge in [0, 0.05) is 28.3 Å². The summed E-state index contributed by atoms with van der Waals surface area (Å²) in [4.78, 5) is 20.4. The van der Waals surface area contributed by atoms with Crippen molar-refractivity contribution in [3.63, 3.8) is 0 Å². The van der Waals surface area contributed by atoms with E-state index in [1.54, 1.807) is 22.7 Å². The van der Waals surface area contributed by atoms with Gasteiger partial charge in [0.15, 0.2) is 0 Å². The summed E-state index contributed by atoms with van der Waals surface area (Å²) in [7, 11) is 0. The Morgan fingerprint density at radius 2 is 1.96 bits per heavy atom. The molecular weight excluding hydrogens is 456 g/mol. The quantitative estimate of drug-likeness (QED) is 0.471. The summed E-state index contributed by atoms with van der Waals surface area (Å²) in [6.07, 6.45) is 2.36. The minimum atomic E-state index is 0.173. The van der Waals surface area contributed by atoms with Crippen LogP contribution in [0, 0.1) is 5.92 Å². The summed E-state index contributed by atoms with van der Waals surface area (Å²) in [5.74, 6) is 1.59. The van der Waals surface area contributed by atoms with Gasteiger partial charge in [-0.25, -0.2) is 4.98 Å². The molecule has 1 saturated heterocycles. The fourth-order valence-corrected chi connectivity index (χ4v) is 5.60. The number of hydrogen-bond acceptors (Lipinski definition) is 5. The number of hydrogen-bond donors (Lipinski definition) is 0. The van der Waals surface area contributed by atoms with Crippen molar-refractivity contribution >= 4 is 44.5 Å². The van der Waals surface area contributed by atoms with Crippen molar-refractivity contribution in [2.75, 3.05) is 19.7 Å². The topological polar surface area (TPSA) is 42.4 Å². The molecule has 0 N–H and O–H groups in total. The van der Waals surface area contributed by atoms with Crippen LogP contribution in [0.1, 0.15) is 18.5 Å². The number of likely N-dealkylation sites (tertiary alicyclic amines) is 1. The van der Waals surface area contributed by atoms with Crippen LogP contribution in [-0.2, 0) is 11.2 Å². The monoisotopic (exact) mass is 476 g/mol. The first-order valence-electron chi connectivity index (χ1n) is 9.32. The Hall–Kier alpha value is -1.70. The summed E-state index contributed by atoms with van der Waals surface area (Å²) >= 11 is 6.74. The third kappa shape index (κ3) is 5.01. The van der Waals surface area contributed by atoms with Gasteiger partial charge in [0.25, 0.3) is 0 Å². The van der Waals surface area contributed by atoms with Crippen LogP contribution in [0.3, 0.4) is 0 Å². The average molecular weight is 477 g/mol. The maximum absolute atomic E-state index is 12.7. The van der Waals surface area contributed by atoms with E-state index in [4.69, 9.17) is 4.74 Å². The van der Waals surface area contributed by atoms with E-state index in [1.807, 2.05) is 46.0 Å². The molecule has 2 aromatic heterocycles. The number of amides is 1. The molecule has 3 aromatic rings. The molecule has 1 aromatic carbocycles. The number of nitrogens with zero attached hydrogens (tertiary/aromatic N) is 2. The molecule has 4 rings (SSSR count). The lowest BCUT2D eigenvalue weighted by molar-refractivity contribution is -0.132. The van der Waals surface area contributed by atoms with Crippen molar-refractivity contribution in [3.8, 4) is 15.6 Å². The minimum absolute atomic E-state index is 0.173. The number of piperidine rings is 1. The zero-order valence-corrected chi connectivity index (χ0v) is 18.6. The largest absolute Gasteiger partial charge is 0.493 e. The van der Waals surface area contributed by atoms with Crippen LogP contribution >= 0.6 is 38.6 Å². The van der Waals surface area contributed by atoms with Crippen LogP contribution in [0.4, 0.5) is 0 Å². The molecule has 146 valence electrons.